The molecule has 6 aromatic rings. The van der Waals surface area contributed by atoms with Gasteiger partial charge in [0.1, 0.15) is 23.0 Å². The molecule has 0 radical (unpaired) electrons. The molecule has 7 nitrogen and oxygen atoms in total. The van der Waals surface area contributed by atoms with E-state index in [0.29, 0.717) is 29.0 Å². The van der Waals surface area contributed by atoms with Crippen molar-refractivity contribution in [1.82, 2.24) is 24.5 Å². The summed E-state index contributed by atoms with van der Waals surface area (Å²) in [4.78, 5) is 17.4. The third kappa shape index (κ3) is 4.56. The predicted molar refractivity (Wildman–Crippen MR) is 148 cm³/mol. The Hall–Kier alpha value is -4.72. The molecule has 0 amide bonds. The first-order valence-electron chi connectivity index (χ1n) is 12.4. The van der Waals surface area contributed by atoms with Gasteiger partial charge in [-0.25, -0.2) is 14.4 Å². The number of pyridine rings is 1. The lowest BCUT2D eigenvalue weighted by Gasteiger charge is -2.18. The number of imidazole rings is 2. The molecule has 8 heteroatoms. The molecule has 0 aliphatic rings. The van der Waals surface area contributed by atoms with Gasteiger partial charge in [0.15, 0.2) is 5.82 Å². The van der Waals surface area contributed by atoms with Gasteiger partial charge in [0, 0.05) is 31.1 Å². The number of hydrogen-bond acceptors (Lipinski definition) is 5. The number of halogens is 1. The number of H-pyrrole nitrogens is 1. The molecule has 0 aliphatic carbocycles. The van der Waals surface area contributed by atoms with Crippen LogP contribution in [0.2, 0.25) is 0 Å². The van der Waals surface area contributed by atoms with E-state index in [4.69, 9.17) is 14.7 Å². The largest absolute Gasteiger partial charge is 0.457 e. The second-order valence-electron chi connectivity index (χ2n) is 10.3. The molecule has 190 valence electrons. The lowest BCUT2D eigenvalue weighted by Crippen LogP contribution is -2.10. The van der Waals surface area contributed by atoms with Crippen LogP contribution >= 0.6 is 0 Å². The maximum atomic E-state index is 13.2. The normalized spacial score (nSPS) is 11.8. The lowest BCUT2D eigenvalue weighted by atomic mass is 9.87. The van der Waals surface area contributed by atoms with E-state index in [1.54, 1.807) is 18.3 Å². The molecule has 0 unspecified atom stereocenters. The summed E-state index contributed by atoms with van der Waals surface area (Å²) in [7, 11) is 1.93. The van der Waals surface area contributed by atoms with Crippen molar-refractivity contribution in [3.8, 4) is 23.0 Å². The Morgan fingerprint density at radius 2 is 1.66 bits per heavy atom. The zero-order valence-electron chi connectivity index (χ0n) is 21.6. The minimum Gasteiger partial charge on any atom is -0.457 e. The smallest absolute Gasteiger partial charge is 0.208 e. The lowest BCUT2D eigenvalue weighted by molar-refractivity contribution is 0.483. The van der Waals surface area contributed by atoms with Crippen molar-refractivity contribution in [3.05, 3.63) is 90.4 Å². The van der Waals surface area contributed by atoms with Crippen LogP contribution in [0.1, 0.15) is 26.3 Å². The predicted octanol–water partition coefficient (Wildman–Crippen LogP) is 7.48. The molecule has 3 heterocycles. The number of nitrogens with one attached hydrogen (secondary N) is 2. The van der Waals surface area contributed by atoms with E-state index in [1.165, 1.54) is 17.7 Å². The van der Waals surface area contributed by atoms with Gasteiger partial charge in [-0.3, -0.25) is 4.98 Å². The van der Waals surface area contributed by atoms with Gasteiger partial charge in [-0.2, -0.15) is 0 Å². The van der Waals surface area contributed by atoms with Gasteiger partial charge in [-0.05, 0) is 65.6 Å². The molecule has 38 heavy (non-hydrogen) atoms. The third-order valence-electron chi connectivity index (χ3n) is 6.51. The molecule has 6 rings (SSSR count). The van der Waals surface area contributed by atoms with Crippen molar-refractivity contribution in [2.24, 2.45) is 7.05 Å². The van der Waals surface area contributed by atoms with Crippen LogP contribution in [0.5, 0.6) is 11.5 Å². The first-order valence-corrected chi connectivity index (χ1v) is 12.4. The van der Waals surface area contributed by atoms with Crippen molar-refractivity contribution in [1.29, 1.82) is 0 Å². The van der Waals surface area contributed by atoms with Crippen LogP contribution < -0.4 is 10.1 Å². The summed E-state index contributed by atoms with van der Waals surface area (Å²) in [5, 5.41) is 3.23. The maximum absolute atomic E-state index is 13.2. The Morgan fingerprint density at radius 1 is 0.868 bits per heavy atom. The summed E-state index contributed by atoms with van der Waals surface area (Å²) in [6.07, 6.45) is 1.71. The van der Waals surface area contributed by atoms with Crippen molar-refractivity contribution >= 4 is 33.7 Å². The van der Waals surface area contributed by atoms with Gasteiger partial charge in [0.25, 0.3) is 0 Å². The molecule has 0 spiro atoms. The SMILES string of the molecule is Cn1c(Nc2ccc(F)cc2)nc2cc(Oc3ccnc(-c4nc5cc(C(C)(C)C)ccc5[nH]4)c3)ccc21. The Bertz CT molecular complexity index is 1780. The fraction of sp³-hybridized carbons (Fsp3) is 0.167. The zero-order valence-corrected chi connectivity index (χ0v) is 21.6. The Morgan fingerprint density at radius 3 is 2.45 bits per heavy atom. The van der Waals surface area contributed by atoms with E-state index in [1.807, 2.05) is 41.9 Å². The van der Waals surface area contributed by atoms with Crippen LogP contribution in [0, 0.1) is 5.82 Å². The van der Waals surface area contributed by atoms with Crippen LogP contribution in [-0.4, -0.2) is 24.5 Å². The molecule has 0 bridgehead atoms. The van der Waals surface area contributed by atoms with Crippen LogP contribution in [0.3, 0.4) is 0 Å². The number of aryl methyl sites for hydroxylation is 1. The standard InChI is InChI=1S/C30H27FN6O/c1-30(2,3)18-5-11-23-24(15-18)35-28(34-23)26-17-22(13-14-32-26)38-21-10-12-27-25(16-21)36-29(37(27)4)33-20-8-6-19(31)7-9-20/h5-17H,1-4H3,(H,33,36)(H,34,35). The van der Waals surface area contributed by atoms with E-state index >= 15 is 0 Å². The van der Waals surface area contributed by atoms with Crippen LogP contribution in [0.25, 0.3) is 33.6 Å². The van der Waals surface area contributed by atoms with E-state index in [-0.39, 0.29) is 11.2 Å². The van der Waals surface area contributed by atoms with Crippen molar-refractivity contribution < 1.29 is 9.13 Å². The number of fused-ring (bicyclic) bond motifs is 2. The van der Waals surface area contributed by atoms with Crippen molar-refractivity contribution in [2.45, 2.75) is 26.2 Å². The molecule has 0 atom stereocenters. The minimum atomic E-state index is -0.281. The summed E-state index contributed by atoms with van der Waals surface area (Å²) in [5.74, 6) is 2.35. The summed E-state index contributed by atoms with van der Waals surface area (Å²) in [5.41, 5.74) is 6.31. The van der Waals surface area contributed by atoms with Gasteiger partial charge in [0.2, 0.25) is 5.95 Å². The van der Waals surface area contributed by atoms with Gasteiger partial charge in [-0.15, -0.1) is 0 Å². The fourth-order valence-corrected chi connectivity index (χ4v) is 4.35. The minimum absolute atomic E-state index is 0.0474. The zero-order chi connectivity index (χ0) is 26.4. The molecule has 3 aromatic heterocycles. The van der Waals surface area contributed by atoms with E-state index in [0.717, 1.165) is 27.8 Å². The fourth-order valence-electron chi connectivity index (χ4n) is 4.35. The molecule has 0 aliphatic heterocycles. The highest BCUT2D eigenvalue weighted by atomic mass is 19.1. The molecule has 0 saturated carbocycles. The van der Waals surface area contributed by atoms with Crippen LogP contribution in [0.15, 0.2) is 79.0 Å². The average Bonchev–Trinajstić information content (AvgIpc) is 3.45. The summed E-state index contributed by atoms with van der Waals surface area (Å²) < 4.78 is 21.4. The Kier molecular flexibility index (Phi) is 5.60. The topological polar surface area (TPSA) is 80.7 Å². The first kappa shape index (κ1) is 23.7. The maximum Gasteiger partial charge on any atom is 0.208 e. The van der Waals surface area contributed by atoms with Crippen LogP contribution in [0.4, 0.5) is 16.0 Å². The van der Waals surface area contributed by atoms with Gasteiger partial charge < -0.3 is 19.6 Å². The second kappa shape index (κ2) is 8.99. The van der Waals surface area contributed by atoms with Crippen LogP contribution in [-0.2, 0) is 12.5 Å². The monoisotopic (exact) mass is 506 g/mol. The van der Waals surface area contributed by atoms with Crippen molar-refractivity contribution in [2.75, 3.05) is 5.32 Å². The molecule has 0 fully saturated rings. The number of benzene rings is 3. The molecular weight excluding hydrogens is 479 g/mol. The highest BCUT2D eigenvalue weighted by Crippen LogP contribution is 2.31. The molecule has 3 aromatic carbocycles. The summed E-state index contributed by atoms with van der Waals surface area (Å²) in [6, 6.07) is 21.9. The van der Waals surface area contributed by atoms with Gasteiger partial charge in [0.05, 0.1) is 22.1 Å². The van der Waals surface area contributed by atoms with E-state index < -0.39 is 0 Å². The quantitative estimate of drug-likeness (QED) is 0.253. The number of anilines is 2. The summed E-state index contributed by atoms with van der Waals surface area (Å²) >= 11 is 0. The Labute approximate surface area is 219 Å². The molecular formula is C30H27FN6O. The summed E-state index contributed by atoms with van der Waals surface area (Å²) in [6.45, 7) is 6.57. The molecule has 2 N–H and O–H groups in total. The number of ether oxygens (including phenoxy) is 1. The Balaban J connectivity index is 1.25. The van der Waals surface area contributed by atoms with Crippen molar-refractivity contribution in [3.63, 3.8) is 0 Å². The van der Waals surface area contributed by atoms with Gasteiger partial charge in [-0.1, -0.05) is 26.8 Å². The first-order chi connectivity index (χ1) is 18.2. The number of hydrogen-bond donors (Lipinski definition) is 2. The average molecular weight is 507 g/mol. The highest BCUT2D eigenvalue weighted by molar-refractivity contribution is 5.82. The number of aromatic nitrogens is 5. The highest BCUT2D eigenvalue weighted by Gasteiger charge is 2.16. The third-order valence-corrected chi connectivity index (χ3v) is 6.51. The number of nitrogens with zero attached hydrogens (tertiary/aromatic N) is 4. The van der Waals surface area contributed by atoms with E-state index in [9.17, 15) is 4.39 Å². The molecule has 0 saturated heterocycles. The second-order valence-corrected chi connectivity index (χ2v) is 10.3. The van der Waals surface area contributed by atoms with E-state index in [2.05, 4.69) is 54.3 Å². The number of aromatic amines is 1. The van der Waals surface area contributed by atoms with Gasteiger partial charge >= 0.3 is 0 Å². The number of rotatable bonds is 5.